The summed E-state index contributed by atoms with van der Waals surface area (Å²) in [5.41, 5.74) is 8.35. The highest BCUT2D eigenvalue weighted by Crippen LogP contribution is 2.40. The molecule has 0 radical (unpaired) electrons. The number of hydrogen-bond donors (Lipinski definition) is 2. The van der Waals surface area contributed by atoms with Gasteiger partial charge in [0.25, 0.3) is 11.8 Å². The third-order valence-electron chi connectivity index (χ3n) is 9.30. The number of carbonyl (C=O) groups excluding carboxylic acids is 2. The fourth-order valence-electron chi connectivity index (χ4n) is 6.30. The maximum absolute atomic E-state index is 13.2. The Balaban J connectivity index is 1.30. The van der Waals surface area contributed by atoms with Crippen LogP contribution in [0.5, 0.6) is 11.5 Å². The lowest BCUT2D eigenvalue weighted by atomic mass is 9.87. The van der Waals surface area contributed by atoms with E-state index in [1.807, 2.05) is 93.6 Å². The lowest BCUT2D eigenvalue weighted by Gasteiger charge is -2.29. The van der Waals surface area contributed by atoms with Gasteiger partial charge in [-0.25, -0.2) is 0 Å². The van der Waals surface area contributed by atoms with Gasteiger partial charge in [0.2, 0.25) is 0 Å². The summed E-state index contributed by atoms with van der Waals surface area (Å²) in [6.07, 6.45) is 0. The number of hydrogen-bond acceptors (Lipinski definition) is 6. The van der Waals surface area contributed by atoms with Gasteiger partial charge in [0.05, 0.1) is 14.2 Å². The Bertz CT molecular complexity index is 2190. The molecule has 0 aliphatic rings. The minimum atomic E-state index is -0.356. The molecule has 6 rings (SSSR count). The molecule has 0 aliphatic heterocycles. The fourth-order valence-corrected chi connectivity index (χ4v) is 6.30. The zero-order valence-corrected chi connectivity index (χ0v) is 33.4. The Morgan fingerprint density at radius 3 is 1.11 bits per heavy atom. The standard InChI is InChI=1S/C48H50N4O4/c1-47(2,3)35-13-17-37(18-14-35)51(38-19-15-36(16-20-38)49-45(53)33-9-11-34(12-10-33)46(54)50-48(4,5)6)39-21-23-40(24-22-39)52(41-25-29-43(55-7)30-26-41)42-27-31-44(56-8)32-28-42/h9-32H,1-8H3,(H,49,53)(H,50,54). The van der Waals surface area contributed by atoms with Crippen molar-refractivity contribution in [3.8, 4) is 11.5 Å². The number of amides is 2. The molecule has 6 aromatic carbocycles. The summed E-state index contributed by atoms with van der Waals surface area (Å²) in [6.45, 7) is 12.4. The van der Waals surface area contributed by atoms with Crippen LogP contribution in [0.3, 0.4) is 0 Å². The molecule has 0 aromatic heterocycles. The van der Waals surface area contributed by atoms with Crippen molar-refractivity contribution >= 4 is 51.6 Å². The van der Waals surface area contributed by atoms with Crippen LogP contribution in [0.1, 0.15) is 67.8 Å². The first kappa shape index (κ1) is 39.2. The van der Waals surface area contributed by atoms with Crippen LogP contribution in [-0.4, -0.2) is 31.6 Å². The predicted octanol–water partition coefficient (Wildman–Crippen LogP) is 11.7. The monoisotopic (exact) mass is 746 g/mol. The van der Waals surface area contributed by atoms with Gasteiger partial charge in [0.15, 0.2) is 0 Å². The number of ether oxygens (including phenoxy) is 2. The molecule has 8 heteroatoms. The number of benzene rings is 6. The van der Waals surface area contributed by atoms with E-state index in [4.69, 9.17) is 9.47 Å². The van der Waals surface area contributed by atoms with Crippen LogP contribution in [0.4, 0.5) is 39.8 Å². The zero-order chi connectivity index (χ0) is 40.0. The molecule has 8 nitrogen and oxygen atoms in total. The van der Waals surface area contributed by atoms with Gasteiger partial charge in [-0.3, -0.25) is 9.59 Å². The van der Waals surface area contributed by atoms with Crippen LogP contribution < -0.4 is 29.9 Å². The molecule has 56 heavy (non-hydrogen) atoms. The molecule has 0 bridgehead atoms. The minimum absolute atomic E-state index is 0.0103. The molecule has 0 unspecified atom stereocenters. The largest absolute Gasteiger partial charge is 0.497 e. The normalized spacial score (nSPS) is 11.4. The summed E-state index contributed by atoms with van der Waals surface area (Å²) in [6, 6.07) is 47.6. The molecule has 0 atom stereocenters. The zero-order valence-electron chi connectivity index (χ0n) is 33.4. The molecule has 2 N–H and O–H groups in total. The van der Waals surface area contributed by atoms with E-state index in [0.29, 0.717) is 16.8 Å². The van der Waals surface area contributed by atoms with Gasteiger partial charge in [-0.15, -0.1) is 0 Å². The smallest absolute Gasteiger partial charge is 0.255 e. The van der Waals surface area contributed by atoms with E-state index < -0.39 is 0 Å². The third-order valence-corrected chi connectivity index (χ3v) is 9.30. The maximum atomic E-state index is 13.2. The molecule has 6 aromatic rings. The van der Waals surface area contributed by atoms with Crippen molar-refractivity contribution in [3.05, 3.63) is 162 Å². The summed E-state index contributed by atoms with van der Waals surface area (Å²) in [4.78, 5) is 30.2. The molecule has 2 amide bonds. The fraction of sp³-hybridized carbons (Fsp3) is 0.208. The molecule has 0 heterocycles. The molecule has 286 valence electrons. The molecular formula is C48H50N4O4. The lowest BCUT2D eigenvalue weighted by Crippen LogP contribution is -2.40. The summed E-state index contributed by atoms with van der Waals surface area (Å²) in [5, 5.41) is 5.95. The third kappa shape index (κ3) is 9.39. The summed E-state index contributed by atoms with van der Waals surface area (Å²) in [7, 11) is 3.33. The van der Waals surface area contributed by atoms with Crippen molar-refractivity contribution in [1.29, 1.82) is 0 Å². The molecular weight excluding hydrogens is 697 g/mol. The molecule has 0 fully saturated rings. The number of rotatable bonds is 11. The van der Waals surface area contributed by atoms with Gasteiger partial charge < -0.3 is 29.9 Å². The topological polar surface area (TPSA) is 83.1 Å². The van der Waals surface area contributed by atoms with Gasteiger partial charge in [0, 0.05) is 56.5 Å². The van der Waals surface area contributed by atoms with E-state index in [1.165, 1.54) is 5.56 Å². The second kappa shape index (κ2) is 16.4. The van der Waals surface area contributed by atoms with Crippen LogP contribution in [0.25, 0.3) is 0 Å². The van der Waals surface area contributed by atoms with Crippen LogP contribution >= 0.6 is 0 Å². The van der Waals surface area contributed by atoms with E-state index in [0.717, 1.165) is 45.6 Å². The van der Waals surface area contributed by atoms with Gasteiger partial charge in [0.1, 0.15) is 11.5 Å². The summed E-state index contributed by atoms with van der Waals surface area (Å²) < 4.78 is 10.9. The van der Waals surface area contributed by atoms with Gasteiger partial charge in [-0.2, -0.15) is 0 Å². The van der Waals surface area contributed by atoms with Gasteiger partial charge in [-0.1, -0.05) is 32.9 Å². The van der Waals surface area contributed by atoms with Gasteiger partial charge >= 0.3 is 0 Å². The first-order chi connectivity index (χ1) is 26.7. The molecule has 0 aliphatic carbocycles. The van der Waals surface area contributed by atoms with Crippen LogP contribution in [0.2, 0.25) is 0 Å². The van der Waals surface area contributed by atoms with E-state index in [1.54, 1.807) is 38.5 Å². The average Bonchev–Trinajstić information content (AvgIpc) is 3.19. The van der Waals surface area contributed by atoms with Crippen molar-refractivity contribution in [2.24, 2.45) is 0 Å². The number of anilines is 7. The number of nitrogens with zero attached hydrogens (tertiary/aromatic N) is 2. The Kier molecular flexibility index (Phi) is 11.5. The van der Waals surface area contributed by atoms with Crippen molar-refractivity contribution in [1.82, 2.24) is 5.32 Å². The second-order valence-corrected chi connectivity index (χ2v) is 15.7. The highest BCUT2D eigenvalue weighted by molar-refractivity contribution is 6.05. The SMILES string of the molecule is COc1ccc(N(c2ccc(OC)cc2)c2ccc(N(c3ccc(NC(=O)c4ccc(C(=O)NC(C)(C)C)cc4)cc3)c3ccc(C(C)(C)C)cc3)cc2)cc1. The average molecular weight is 747 g/mol. The van der Waals surface area contributed by atoms with Crippen LogP contribution in [0, 0.1) is 0 Å². The predicted molar refractivity (Wildman–Crippen MR) is 229 cm³/mol. The van der Waals surface area contributed by atoms with E-state index in [-0.39, 0.29) is 22.8 Å². The maximum Gasteiger partial charge on any atom is 0.255 e. The van der Waals surface area contributed by atoms with Crippen molar-refractivity contribution in [3.63, 3.8) is 0 Å². The van der Waals surface area contributed by atoms with Crippen LogP contribution in [-0.2, 0) is 5.41 Å². The molecule has 0 saturated heterocycles. The highest BCUT2D eigenvalue weighted by atomic mass is 16.5. The van der Waals surface area contributed by atoms with Gasteiger partial charge in [-0.05, 0) is 165 Å². The van der Waals surface area contributed by atoms with E-state index in [9.17, 15) is 9.59 Å². The second-order valence-electron chi connectivity index (χ2n) is 15.7. The quantitative estimate of drug-likeness (QED) is 0.137. The molecule has 0 spiro atoms. The van der Waals surface area contributed by atoms with Crippen molar-refractivity contribution in [2.75, 3.05) is 29.3 Å². The van der Waals surface area contributed by atoms with E-state index in [2.05, 4.69) is 89.7 Å². The van der Waals surface area contributed by atoms with Crippen LogP contribution in [0.15, 0.2) is 146 Å². The lowest BCUT2D eigenvalue weighted by molar-refractivity contribution is 0.0918. The first-order valence-corrected chi connectivity index (χ1v) is 18.7. The first-order valence-electron chi connectivity index (χ1n) is 18.7. The number of methoxy groups -OCH3 is 2. The number of nitrogens with one attached hydrogen (secondary N) is 2. The summed E-state index contributed by atoms with van der Waals surface area (Å²) in [5.74, 6) is 1.13. The summed E-state index contributed by atoms with van der Waals surface area (Å²) >= 11 is 0. The highest BCUT2D eigenvalue weighted by Gasteiger charge is 2.20. The Morgan fingerprint density at radius 2 is 0.768 bits per heavy atom. The Hall–Kier alpha value is -6.54. The Morgan fingerprint density at radius 1 is 0.446 bits per heavy atom. The Labute approximate surface area is 330 Å². The number of carbonyl (C=O) groups is 2. The molecule has 0 saturated carbocycles. The minimum Gasteiger partial charge on any atom is -0.497 e. The van der Waals surface area contributed by atoms with E-state index >= 15 is 0 Å². The van der Waals surface area contributed by atoms with Crippen molar-refractivity contribution < 1.29 is 19.1 Å². The van der Waals surface area contributed by atoms with Crippen molar-refractivity contribution in [2.45, 2.75) is 52.5 Å².